The first-order chi connectivity index (χ1) is 5.27. The van der Waals surface area contributed by atoms with E-state index in [-0.39, 0.29) is 24.1 Å². The Labute approximate surface area is 64.3 Å². The predicted molar refractivity (Wildman–Crippen MR) is 35.6 cm³/mol. The van der Waals surface area contributed by atoms with Crippen LogP contribution in [0.3, 0.4) is 0 Å². The fraction of sp³-hybridized carbons (Fsp3) is 0.875. The van der Waals surface area contributed by atoms with E-state index in [2.05, 4.69) is 0 Å². The molecule has 0 aromatic rings. The highest BCUT2D eigenvalue weighted by atomic mass is 16.6. The van der Waals surface area contributed by atoms with Gasteiger partial charge in [0.2, 0.25) is 0 Å². The number of esters is 1. The average molecular weight is 154 g/mol. The van der Waals surface area contributed by atoms with Crippen molar-refractivity contribution in [3.05, 3.63) is 0 Å². The zero-order valence-corrected chi connectivity index (χ0v) is 6.06. The Morgan fingerprint density at radius 2 is 2.27 bits per heavy atom. The summed E-state index contributed by atoms with van der Waals surface area (Å²) in [6, 6.07) is 0. The zero-order valence-electron chi connectivity index (χ0n) is 6.06. The van der Waals surface area contributed by atoms with Crippen LogP contribution in [0.25, 0.3) is 0 Å². The third-order valence-electron chi connectivity index (χ3n) is 3.44. The lowest BCUT2D eigenvalue weighted by Crippen LogP contribution is -2.31. The molecule has 0 amide bonds. The van der Waals surface area contributed by atoms with Crippen LogP contribution in [-0.4, -0.2) is 23.3 Å². The second-order valence-electron chi connectivity index (χ2n) is 3.89. The molecule has 11 heavy (non-hydrogen) atoms. The normalized spacial score (nSPS) is 58.6. The minimum atomic E-state index is -0.359. The van der Waals surface area contributed by atoms with Crippen LogP contribution in [0.4, 0.5) is 0 Å². The highest BCUT2D eigenvalue weighted by Gasteiger charge is 2.61. The smallest absolute Gasteiger partial charge is 0.309 e. The number of carbonyl (C=O) groups excluding carboxylic acids is 1. The van der Waals surface area contributed by atoms with Gasteiger partial charge in [-0.1, -0.05) is 0 Å². The highest BCUT2D eigenvalue weighted by molar-refractivity contribution is 5.76. The largest absolute Gasteiger partial charge is 0.459 e. The van der Waals surface area contributed by atoms with Crippen LogP contribution in [0.5, 0.6) is 0 Å². The van der Waals surface area contributed by atoms with Crippen molar-refractivity contribution in [1.29, 1.82) is 0 Å². The van der Waals surface area contributed by atoms with Gasteiger partial charge in [0, 0.05) is 5.92 Å². The molecule has 3 aliphatic rings. The van der Waals surface area contributed by atoms with Gasteiger partial charge in [-0.25, -0.2) is 0 Å². The molecule has 1 aliphatic heterocycles. The van der Waals surface area contributed by atoms with Crippen LogP contribution < -0.4 is 0 Å². The molecule has 3 nitrogen and oxygen atoms in total. The summed E-state index contributed by atoms with van der Waals surface area (Å²) in [6.45, 7) is 0. The van der Waals surface area contributed by atoms with Crippen molar-refractivity contribution in [2.45, 2.75) is 25.0 Å². The number of aliphatic hydroxyl groups is 1. The number of rotatable bonds is 0. The van der Waals surface area contributed by atoms with Gasteiger partial charge >= 0.3 is 5.97 Å². The number of hydrogen-bond donors (Lipinski definition) is 1. The summed E-state index contributed by atoms with van der Waals surface area (Å²) < 4.78 is 5.06. The van der Waals surface area contributed by atoms with Gasteiger partial charge in [-0.15, -0.1) is 0 Å². The zero-order chi connectivity index (χ0) is 7.59. The monoisotopic (exact) mass is 154 g/mol. The van der Waals surface area contributed by atoms with E-state index >= 15 is 0 Å². The summed E-state index contributed by atoms with van der Waals surface area (Å²) in [5, 5.41) is 9.55. The molecule has 1 saturated heterocycles. The second kappa shape index (κ2) is 1.61. The Bertz CT molecular complexity index is 225. The third-order valence-corrected chi connectivity index (χ3v) is 3.44. The molecule has 0 radical (unpaired) electrons. The summed E-state index contributed by atoms with van der Waals surface area (Å²) in [5.41, 5.74) is 0. The summed E-state index contributed by atoms with van der Waals surface area (Å²) in [5.74, 6) is 0.761. The van der Waals surface area contributed by atoms with E-state index in [1.165, 1.54) is 0 Å². The van der Waals surface area contributed by atoms with E-state index in [1.807, 2.05) is 0 Å². The van der Waals surface area contributed by atoms with E-state index in [0.717, 1.165) is 12.8 Å². The molecule has 0 aromatic carbocycles. The topological polar surface area (TPSA) is 46.5 Å². The van der Waals surface area contributed by atoms with Crippen molar-refractivity contribution in [3.63, 3.8) is 0 Å². The summed E-state index contributed by atoms with van der Waals surface area (Å²) >= 11 is 0. The number of ether oxygens (including phenoxy) is 1. The second-order valence-corrected chi connectivity index (χ2v) is 3.89. The lowest BCUT2D eigenvalue weighted by molar-refractivity contribution is -0.145. The van der Waals surface area contributed by atoms with Crippen molar-refractivity contribution in [2.75, 3.05) is 0 Å². The summed E-state index contributed by atoms with van der Waals surface area (Å²) in [4.78, 5) is 11.1. The molecule has 2 saturated carbocycles. The maximum atomic E-state index is 11.1. The van der Waals surface area contributed by atoms with E-state index in [9.17, 15) is 9.90 Å². The van der Waals surface area contributed by atoms with Gasteiger partial charge in [-0.05, 0) is 18.8 Å². The van der Waals surface area contributed by atoms with Crippen LogP contribution >= 0.6 is 0 Å². The fourth-order valence-electron chi connectivity index (χ4n) is 2.92. The van der Waals surface area contributed by atoms with Crippen LogP contribution in [0.1, 0.15) is 12.8 Å². The first kappa shape index (κ1) is 6.00. The Balaban J connectivity index is 2.04. The van der Waals surface area contributed by atoms with Crippen LogP contribution in [0.15, 0.2) is 0 Å². The van der Waals surface area contributed by atoms with Crippen molar-refractivity contribution >= 4 is 5.97 Å². The SMILES string of the molecule is O=C1O[C@@H]2[C@@H](O)[C@H]3C[C@H]2[C@H]1C3. The number of hydrogen-bond acceptors (Lipinski definition) is 3. The Hall–Kier alpha value is -0.570. The van der Waals surface area contributed by atoms with E-state index in [4.69, 9.17) is 4.74 Å². The molecule has 2 aliphatic carbocycles. The van der Waals surface area contributed by atoms with E-state index < -0.39 is 0 Å². The van der Waals surface area contributed by atoms with Crippen molar-refractivity contribution in [2.24, 2.45) is 17.8 Å². The van der Waals surface area contributed by atoms with Crippen molar-refractivity contribution < 1.29 is 14.6 Å². The van der Waals surface area contributed by atoms with Gasteiger partial charge in [0.25, 0.3) is 0 Å². The minimum absolute atomic E-state index is 0.0703. The molecule has 0 spiro atoms. The standard InChI is InChI=1S/C8H10O3/c9-6-3-1-4-5(2-3)8(10)11-7(4)6/h3-7,9H,1-2H2/t3-,4-,5+,6-,7-/m0/s1. The van der Waals surface area contributed by atoms with Gasteiger partial charge in [0.05, 0.1) is 12.0 Å². The fourth-order valence-corrected chi connectivity index (χ4v) is 2.92. The van der Waals surface area contributed by atoms with Gasteiger partial charge in [0.1, 0.15) is 6.10 Å². The molecule has 3 rings (SSSR count). The molecule has 0 unspecified atom stereocenters. The summed E-state index contributed by atoms with van der Waals surface area (Å²) in [6.07, 6.45) is 1.36. The third kappa shape index (κ3) is 0.527. The van der Waals surface area contributed by atoms with Gasteiger partial charge in [-0.2, -0.15) is 0 Å². The molecule has 5 atom stereocenters. The van der Waals surface area contributed by atoms with Gasteiger partial charge in [0.15, 0.2) is 0 Å². The lowest BCUT2D eigenvalue weighted by Gasteiger charge is -2.19. The molecule has 3 heteroatoms. The molecule has 0 aromatic heterocycles. The van der Waals surface area contributed by atoms with Crippen LogP contribution in [0.2, 0.25) is 0 Å². The van der Waals surface area contributed by atoms with Gasteiger partial charge in [-0.3, -0.25) is 4.79 Å². The maximum Gasteiger partial charge on any atom is 0.309 e. The molecular weight excluding hydrogens is 144 g/mol. The Morgan fingerprint density at radius 3 is 2.91 bits per heavy atom. The van der Waals surface area contributed by atoms with Crippen LogP contribution in [-0.2, 0) is 9.53 Å². The minimum Gasteiger partial charge on any atom is -0.459 e. The predicted octanol–water partition coefficient (Wildman–Crippen LogP) is -0.0713. The highest BCUT2D eigenvalue weighted by Crippen LogP contribution is 2.54. The molecular formula is C8H10O3. The van der Waals surface area contributed by atoms with E-state index in [0.29, 0.717) is 11.8 Å². The molecule has 60 valence electrons. The Kier molecular flexibility index (Phi) is 0.876. The number of carbonyl (C=O) groups is 1. The first-order valence-electron chi connectivity index (χ1n) is 4.16. The van der Waals surface area contributed by atoms with Crippen molar-refractivity contribution in [3.8, 4) is 0 Å². The van der Waals surface area contributed by atoms with Crippen LogP contribution in [0, 0.1) is 17.8 Å². The van der Waals surface area contributed by atoms with Crippen molar-refractivity contribution in [1.82, 2.24) is 0 Å². The van der Waals surface area contributed by atoms with E-state index in [1.54, 1.807) is 0 Å². The molecule has 3 fully saturated rings. The number of fused-ring (bicyclic) bond motifs is 1. The number of aliphatic hydroxyl groups excluding tert-OH is 1. The molecule has 1 N–H and O–H groups in total. The Morgan fingerprint density at radius 1 is 1.45 bits per heavy atom. The maximum absolute atomic E-state index is 11.1. The molecule has 1 heterocycles. The molecule has 2 bridgehead atoms. The quantitative estimate of drug-likeness (QED) is 0.497. The average Bonchev–Trinajstić information content (AvgIpc) is 2.53. The first-order valence-corrected chi connectivity index (χ1v) is 4.16. The van der Waals surface area contributed by atoms with Gasteiger partial charge < -0.3 is 9.84 Å². The summed E-state index contributed by atoms with van der Waals surface area (Å²) in [7, 11) is 0. The lowest BCUT2D eigenvalue weighted by atomic mass is 9.88.